The molecule has 0 spiro atoms. The van der Waals surface area contributed by atoms with Gasteiger partial charge in [0.25, 0.3) is 16.4 Å². The quantitative estimate of drug-likeness (QED) is 0.312. The molecule has 78 valence electrons. The molecule has 0 rings (SSSR count). The standard InChI is InChI=1S/C4H4F4O4S/c5-3(12-13(9,10)11)1-2-4(6,7)8/h1H,2H2,(H,9,10,11)/p-1. The molecule has 13 heavy (non-hydrogen) atoms. The summed E-state index contributed by atoms with van der Waals surface area (Å²) in [6, 6.07) is -2.09. The van der Waals surface area contributed by atoms with E-state index in [1.807, 2.05) is 0 Å². The number of rotatable bonds is 3. The second kappa shape index (κ2) is 3.92. The largest absolute Gasteiger partial charge is 0.716 e. The van der Waals surface area contributed by atoms with Crippen LogP contribution in [-0.4, -0.2) is 19.1 Å². The zero-order valence-electron chi connectivity index (χ0n) is 5.84. The van der Waals surface area contributed by atoms with Crippen LogP contribution in [0.25, 0.3) is 0 Å². The van der Waals surface area contributed by atoms with E-state index < -0.39 is 29.0 Å². The third-order valence-corrected chi connectivity index (χ3v) is 1.04. The van der Waals surface area contributed by atoms with Crippen molar-refractivity contribution in [3.63, 3.8) is 0 Å². The maximum Gasteiger partial charge on any atom is 0.392 e. The fourth-order valence-corrected chi connectivity index (χ4v) is 0.591. The molecule has 0 unspecified atom stereocenters. The molecule has 4 nitrogen and oxygen atoms in total. The lowest BCUT2D eigenvalue weighted by Gasteiger charge is -2.06. The van der Waals surface area contributed by atoms with Crippen LogP contribution in [0, 0.1) is 0 Å². The Kier molecular flexibility index (Phi) is 3.67. The maximum atomic E-state index is 12.0. The van der Waals surface area contributed by atoms with Crippen LogP contribution in [0.1, 0.15) is 6.42 Å². The highest BCUT2D eigenvalue weighted by molar-refractivity contribution is 7.80. The van der Waals surface area contributed by atoms with Crippen LogP contribution >= 0.6 is 0 Å². The van der Waals surface area contributed by atoms with E-state index in [4.69, 9.17) is 0 Å². The summed E-state index contributed by atoms with van der Waals surface area (Å²) in [5, 5.41) is 0. The molecule has 0 fully saturated rings. The van der Waals surface area contributed by atoms with Crippen LogP contribution < -0.4 is 0 Å². The van der Waals surface area contributed by atoms with Crippen molar-refractivity contribution in [3.8, 4) is 0 Å². The van der Waals surface area contributed by atoms with Gasteiger partial charge in [-0.25, -0.2) is 8.42 Å². The summed E-state index contributed by atoms with van der Waals surface area (Å²) in [6.07, 6.45) is -6.60. The number of alkyl halides is 3. The Morgan fingerprint density at radius 1 is 1.46 bits per heavy atom. The van der Waals surface area contributed by atoms with Gasteiger partial charge in [0.1, 0.15) is 0 Å². The summed E-state index contributed by atoms with van der Waals surface area (Å²) in [5.41, 5.74) is 0. The first kappa shape index (κ1) is 12.2. The molecule has 0 amide bonds. The maximum absolute atomic E-state index is 12.0. The first-order valence-corrected chi connectivity index (χ1v) is 4.01. The van der Waals surface area contributed by atoms with Gasteiger partial charge in [-0.15, -0.1) is 0 Å². The summed E-state index contributed by atoms with van der Waals surface area (Å²) >= 11 is 0. The lowest BCUT2D eigenvalue weighted by molar-refractivity contribution is -0.125. The van der Waals surface area contributed by atoms with Gasteiger partial charge in [-0.3, -0.25) is 0 Å². The van der Waals surface area contributed by atoms with Crippen molar-refractivity contribution in [1.29, 1.82) is 0 Å². The van der Waals surface area contributed by atoms with Gasteiger partial charge in [0.2, 0.25) is 0 Å². The lowest BCUT2D eigenvalue weighted by atomic mass is 10.4. The van der Waals surface area contributed by atoms with Gasteiger partial charge in [-0.1, -0.05) is 0 Å². The molecule has 0 bridgehead atoms. The third kappa shape index (κ3) is 9.08. The van der Waals surface area contributed by atoms with Crippen LogP contribution in [0.4, 0.5) is 17.6 Å². The van der Waals surface area contributed by atoms with E-state index in [-0.39, 0.29) is 6.08 Å². The molecular formula is C4H3F4O4S-. The SMILES string of the molecule is O=S(=O)([O-])OC(F)=CCC(F)(F)F. The Morgan fingerprint density at radius 3 is 2.23 bits per heavy atom. The van der Waals surface area contributed by atoms with E-state index in [1.54, 1.807) is 0 Å². The van der Waals surface area contributed by atoms with E-state index in [0.29, 0.717) is 0 Å². The van der Waals surface area contributed by atoms with E-state index in [0.717, 1.165) is 0 Å². The molecule has 0 N–H and O–H groups in total. The second-order valence-corrected chi connectivity index (χ2v) is 2.80. The molecule has 9 heteroatoms. The zero-order valence-corrected chi connectivity index (χ0v) is 6.65. The van der Waals surface area contributed by atoms with Gasteiger partial charge in [-0.05, 0) is 6.08 Å². The molecule has 0 aromatic carbocycles. The molecule has 0 aliphatic carbocycles. The van der Waals surface area contributed by atoms with Gasteiger partial charge in [0, 0.05) is 0 Å². The molecule has 0 aromatic rings. The molecule has 0 radical (unpaired) electrons. The first-order valence-electron chi connectivity index (χ1n) is 2.68. The molecule has 0 atom stereocenters. The lowest BCUT2D eigenvalue weighted by Crippen LogP contribution is -2.06. The minimum atomic E-state index is -5.35. The third-order valence-electron chi connectivity index (χ3n) is 0.676. The fourth-order valence-electron chi connectivity index (χ4n) is 0.327. The number of hydrogen-bond donors (Lipinski definition) is 0. The van der Waals surface area contributed by atoms with Gasteiger partial charge in [0.05, 0.1) is 6.42 Å². The Bertz CT molecular complexity index is 290. The highest BCUT2D eigenvalue weighted by atomic mass is 32.3. The summed E-state index contributed by atoms with van der Waals surface area (Å²) in [6.45, 7) is 0. The normalized spacial score (nSPS) is 14.4. The van der Waals surface area contributed by atoms with Crippen molar-refractivity contribution >= 4 is 10.4 Å². The predicted molar refractivity (Wildman–Crippen MR) is 30.6 cm³/mol. The van der Waals surface area contributed by atoms with E-state index in [9.17, 15) is 30.5 Å². The topological polar surface area (TPSA) is 66.4 Å². The van der Waals surface area contributed by atoms with Crippen LogP contribution in [0.15, 0.2) is 12.1 Å². The molecule has 0 aliphatic heterocycles. The van der Waals surface area contributed by atoms with Crippen LogP contribution in [0.2, 0.25) is 0 Å². The average Bonchev–Trinajstić information content (AvgIpc) is 1.78. The van der Waals surface area contributed by atoms with E-state index in [2.05, 4.69) is 4.18 Å². The van der Waals surface area contributed by atoms with Crippen LogP contribution in [-0.2, 0) is 14.6 Å². The summed E-state index contributed by atoms with van der Waals surface area (Å²) in [4.78, 5) is 0. The monoisotopic (exact) mass is 223 g/mol. The first-order chi connectivity index (χ1) is 5.60. The Labute approximate surface area is 70.8 Å². The average molecular weight is 223 g/mol. The van der Waals surface area contributed by atoms with Gasteiger partial charge in [0.15, 0.2) is 0 Å². The molecule has 0 aliphatic rings. The highest BCUT2D eigenvalue weighted by Gasteiger charge is 2.26. The molecular weight excluding hydrogens is 220 g/mol. The minimum absolute atomic E-state index is 0.199. The van der Waals surface area contributed by atoms with Gasteiger partial charge < -0.3 is 8.74 Å². The Morgan fingerprint density at radius 2 is 1.92 bits per heavy atom. The molecule has 0 saturated carbocycles. The van der Waals surface area contributed by atoms with Crippen molar-refractivity contribution in [1.82, 2.24) is 0 Å². The van der Waals surface area contributed by atoms with Crippen molar-refractivity contribution in [2.75, 3.05) is 0 Å². The Balaban J connectivity index is 4.21. The molecule has 0 saturated heterocycles. The van der Waals surface area contributed by atoms with Crippen LogP contribution in [0.5, 0.6) is 0 Å². The van der Waals surface area contributed by atoms with Crippen molar-refractivity contribution in [2.24, 2.45) is 0 Å². The van der Waals surface area contributed by atoms with Gasteiger partial charge in [-0.2, -0.15) is 17.6 Å². The predicted octanol–water partition coefficient (Wildman–Crippen LogP) is 1.23. The minimum Gasteiger partial charge on any atom is -0.716 e. The van der Waals surface area contributed by atoms with E-state index >= 15 is 0 Å². The summed E-state index contributed by atoms with van der Waals surface area (Å²) in [5.74, 6) is 0. The number of hydrogen-bond acceptors (Lipinski definition) is 4. The van der Waals surface area contributed by atoms with Crippen molar-refractivity contribution in [2.45, 2.75) is 12.6 Å². The summed E-state index contributed by atoms with van der Waals surface area (Å²) < 4.78 is 77.9. The fraction of sp³-hybridized carbons (Fsp3) is 0.500. The smallest absolute Gasteiger partial charge is 0.392 e. The second-order valence-electron chi connectivity index (χ2n) is 1.82. The van der Waals surface area contributed by atoms with Crippen LogP contribution in [0.3, 0.4) is 0 Å². The van der Waals surface area contributed by atoms with E-state index in [1.165, 1.54) is 0 Å². The van der Waals surface area contributed by atoms with Crippen molar-refractivity contribution in [3.05, 3.63) is 12.1 Å². The number of halogens is 4. The van der Waals surface area contributed by atoms with Gasteiger partial charge >= 0.3 is 6.18 Å². The molecule has 0 heterocycles. The zero-order chi connectivity index (χ0) is 10.7. The van der Waals surface area contributed by atoms with Crippen molar-refractivity contribution < 1.29 is 34.7 Å². The molecule has 0 aromatic heterocycles. The summed E-state index contributed by atoms with van der Waals surface area (Å²) in [7, 11) is -5.35. The highest BCUT2D eigenvalue weighted by Crippen LogP contribution is 2.21. The Hall–Kier alpha value is -0.830. The number of allylic oxidation sites excluding steroid dienone is 1.